The van der Waals surface area contributed by atoms with E-state index in [9.17, 15) is 9.90 Å². The van der Waals surface area contributed by atoms with E-state index in [0.717, 1.165) is 28.0 Å². The number of aromatic nitrogens is 1. The molecule has 1 aromatic heterocycles. The number of thiazole rings is 1. The zero-order valence-electron chi connectivity index (χ0n) is 16.4. The molecule has 6 nitrogen and oxygen atoms in total. The van der Waals surface area contributed by atoms with E-state index >= 15 is 0 Å². The number of benzene rings is 3. The Bertz CT molecular complexity index is 1100. The summed E-state index contributed by atoms with van der Waals surface area (Å²) in [7, 11) is 0. The summed E-state index contributed by atoms with van der Waals surface area (Å²) in [4.78, 5) is 22.2. The fraction of sp³-hybridized carbons (Fsp3) is 0.0417. The van der Waals surface area contributed by atoms with Crippen LogP contribution in [0.5, 0.6) is 0 Å². The van der Waals surface area contributed by atoms with Gasteiger partial charge in [0.1, 0.15) is 5.69 Å². The number of carboxylic acid groups (broad SMARTS) is 1. The van der Waals surface area contributed by atoms with Gasteiger partial charge in [-0.05, 0) is 0 Å². The summed E-state index contributed by atoms with van der Waals surface area (Å²) >= 11 is 1.14. The first-order valence-electron chi connectivity index (χ1n) is 9.48. The highest BCUT2D eigenvalue weighted by molar-refractivity contribution is 7.13. The van der Waals surface area contributed by atoms with Crippen molar-refractivity contribution in [1.82, 2.24) is 4.98 Å². The fourth-order valence-electron chi connectivity index (χ4n) is 3.38. The number of hydrogen-bond acceptors (Lipinski definition) is 6. The summed E-state index contributed by atoms with van der Waals surface area (Å²) in [5.41, 5.74) is 6.76. The number of hydrogen-bond donors (Lipinski definition) is 2. The van der Waals surface area contributed by atoms with E-state index in [2.05, 4.69) is 10.1 Å². The topological polar surface area (TPSA) is 97.8 Å². The smallest absolute Gasteiger partial charge is 0.360 e. The lowest BCUT2D eigenvalue weighted by molar-refractivity contribution is -0.129. The van der Waals surface area contributed by atoms with Crippen LogP contribution in [-0.4, -0.2) is 21.8 Å². The van der Waals surface area contributed by atoms with Crippen LogP contribution in [0.25, 0.3) is 0 Å². The number of oxime groups is 1. The lowest BCUT2D eigenvalue weighted by atomic mass is 9.80. The van der Waals surface area contributed by atoms with Crippen molar-refractivity contribution in [2.75, 3.05) is 5.73 Å². The molecule has 7 heteroatoms. The van der Waals surface area contributed by atoms with Crippen molar-refractivity contribution in [3.05, 3.63) is 119 Å². The van der Waals surface area contributed by atoms with Crippen molar-refractivity contribution < 1.29 is 14.7 Å². The summed E-state index contributed by atoms with van der Waals surface area (Å²) in [5, 5.41) is 15.7. The number of carbonyl (C=O) groups is 1. The monoisotopic (exact) mass is 429 g/mol. The highest BCUT2D eigenvalue weighted by atomic mass is 32.1. The molecule has 0 radical (unpaired) electrons. The van der Waals surface area contributed by atoms with E-state index in [1.165, 1.54) is 0 Å². The molecule has 0 aliphatic heterocycles. The van der Waals surface area contributed by atoms with Crippen molar-refractivity contribution in [1.29, 1.82) is 0 Å². The lowest BCUT2D eigenvalue weighted by Gasteiger charge is -2.33. The molecule has 0 bridgehead atoms. The fourth-order valence-corrected chi connectivity index (χ4v) is 3.93. The molecule has 0 atom stereocenters. The maximum absolute atomic E-state index is 11.9. The molecule has 1 heterocycles. The molecular formula is C24H19N3O3S. The van der Waals surface area contributed by atoms with Gasteiger partial charge in [-0.3, -0.25) is 0 Å². The third-order valence-corrected chi connectivity index (χ3v) is 5.46. The summed E-state index contributed by atoms with van der Waals surface area (Å²) < 4.78 is 0. The maximum atomic E-state index is 11.9. The van der Waals surface area contributed by atoms with E-state index in [-0.39, 0.29) is 16.5 Å². The Morgan fingerprint density at radius 3 is 1.68 bits per heavy atom. The van der Waals surface area contributed by atoms with Crippen LogP contribution in [0, 0.1) is 0 Å². The predicted molar refractivity (Wildman–Crippen MR) is 121 cm³/mol. The van der Waals surface area contributed by atoms with Gasteiger partial charge in [0.25, 0.3) is 0 Å². The van der Waals surface area contributed by atoms with Crippen LogP contribution in [0.3, 0.4) is 0 Å². The van der Waals surface area contributed by atoms with Gasteiger partial charge in [0.15, 0.2) is 5.13 Å². The number of rotatable bonds is 7. The molecule has 0 saturated heterocycles. The van der Waals surface area contributed by atoms with Crippen LogP contribution in [-0.2, 0) is 15.2 Å². The van der Waals surface area contributed by atoms with E-state index in [1.807, 2.05) is 91.0 Å². The van der Waals surface area contributed by atoms with E-state index < -0.39 is 11.6 Å². The Kier molecular flexibility index (Phi) is 5.77. The molecule has 0 saturated carbocycles. The Balaban J connectivity index is 1.95. The van der Waals surface area contributed by atoms with Gasteiger partial charge in [0.05, 0.1) is 0 Å². The Morgan fingerprint density at radius 2 is 1.32 bits per heavy atom. The second-order valence-electron chi connectivity index (χ2n) is 6.69. The standard InChI is InChI=1S/C24H19N3O3S/c25-23-26-20(16-31-23)21(22(28)29)27-30-24(17-10-4-1-5-11-17,18-12-6-2-7-13-18)19-14-8-3-9-15-19/h1-16H,(H2,25,26)(H,28,29). The summed E-state index contributed by atoms with van der Waals surface area (Å²) in [6, 6.07) is 28.7. The summed E-state index contributed by atoms with van der Waals surface area (Å²) in [6.45, 7) is 0. The highest BCUT2D eigenvalue weighted by Gasteiger charge is 2.40. The minimum Gasteiger partial charge on any atom is -0.476 e. The van der Waals surface area contributed by atoms with Gasteiger partial charge in [-0.1, -0.05) is 96.2 Å². The molecule has 0 amide bonds. The van der Waals surface area contributed by atoms with Crippen LogP contribution in [0.1, 0.15) is 22.4 Å². The van der Waals surface area contributed by atoms with Crippen molar-refractivity contribution in [3.8, 4) is 0 Å². The lowest BCUT2D eigenvalue weighted by Crippen LogP contribution is -2.32. The first kappa shape index (κ1) is 20.3. The van der Waals surface area contributed by atoms with E-state index in [4.69, 9.17) is 10.6 Å². The number of nitrogen functional groups attached to an aromatic ring is 1. The van der Waals surface area contributed by atoms with Crippen LogP contribution in [0.4, 0.5) is 5.13 Å². The van der Waals surface area contributed by atoms with Gasteiger partial charge < -0.3 is 15.7 Å². The molecule has 0 fully saturated rings. The molecular weight excluding hydrogens is 410 g/mol. The average Bonchev–Trinajstić information content (AvgIpc) is 3.24. The molecule has 4 aromatic rings. The Hall–Kier alpha value is -3.97. The summed E-state index contributed by atoms with van der Waals surface area (Å²) in [5.74, 6) is -1.26. The quantitative estimate of drug-likeness (QED) is 0.256. The van der Waals surface area contributed by atoms with Crippen LogP contribution in [0.15, 0.2) is 102 Å². The predicted octanol–water partition coefficient (Wildman–Crippen LogP) is 4.52. The summed E-state index contributed by atoms with van der Waals surface area (Å²) in [6.07, 6.45) is 0. The first-order valence-corrected chi connectivity index (χ1v) is 10.4. The zero-order chi connectivity index (χ0) is 21.7. The molecule has 0 unspecified atom stereocenters. The molecule has 3 N–H and O–H groups in total. The van der Waals surface area contributed by atoms with Gasteiger partial charge in [-0.15, -0.1) is 11.3 Å². The van der Waals surface area contributed by atoms with Gasteiger partial charge in [0.2, 0.25) is 11.3 Å². The van der Waals surface area contributed by atoms with Crippen LogP contribution in [0.2, 0.25) is 0 Å². The molecule has 0 aliphatic carbocycles. The number of anilines is 1. The molecule has 154 valence electrons. The van der Waals surface area contributed by atoms with Crippen molar-refractivity contribution in [2.45, 2.75) is 5.60 Å². The van der Waals surface area contributed by atoms with Crippen LogP contribution < -0.4 is 5.73 Å². The van der Waals surface area contributed by atoms with Gasteiger partial charge in [-0.2, -0.15) is 0 Å². The highest BCUT2D eigenvalue weighted by Crippen LogP contribution is 2.40. The van der Waals surface area contributed by atoms with Gasteiger partial charge in [-0.25, -0.2) is 9.78 Å². The van der Waals surface area contributed by atoms with Crippen LogP contribution >= 0.6 is 11.3 Å². The molecule has 3 aromatic carbocycles. The largest absolute Gasteiger partial charge is 0.476 e. The first-order chi connectivity index (χ1) is 15.1. The maximum Gasteiger partial charge on any atom is 0.360 e. The third-order valence-electron chi connectivity index (χ3n) is 4.78. The number of nitrogens with two attached hydrogens (primary N) is 1. The number of nitrogens with zero attached hydrogens (tertiary/aromatic N) is 2. The molecule has 0 spiro atoms. The molecule has 0 aliphatic rings. The number of carboxylic acids is 1. The van der Waals surface area contributed by atoms with Gasteiger partial charge >= 0.3 is 5.97 Å². The van der Waals surface area contributed by atoms with Crippen molar-refractivity contribution in [2.24, 2.45) is 5.16 Å². The average molecular weight is 430 g/mol. The van der Waals surface area contributed by atoms with Crippen molar-refractivity contribution >= 4 is 28.1 Å². The molecule has 31 heavy (non-hydrogen) atoms. The van der Waals surface area contributed by atoms with Crippen molar-refractivity contribution in [3.63, 3.8) is 0 Å². The SMILES string of the molecule is Nc1nc(C(=NOC(c2ccccc2)(c2ccccc2)c2ccccc2)C(=O)O)cs1. The second-order valence-corrected chi connectivity index (χ2v) is 7.58. The zero-order valence-corrected chi connectivity index (χ0v) is 17.2. The van der Waals surface area contributed by atoms with Gasteiger partial charge in [0, 0.05) is 22.1 Å². The van der Waals surface area contributed by atoms with E-state index in [0.29, 0.717) is 0 Å². The minimum absolute atomic E-state index is 0.151. The Labute approximate surface area is 183 Å². The number of aliphatic carboxylic acids is 1. The normalized spacial score (nSPS) is 11.8. The molecule has 4 rings (SSSR count). The third kappa shape index (κ3) is 4.04. The second kappa shape index (κ2) is 8.81. The Morgan fingerprint density at radius 1 is 0.871 bits per heavy atom. The minimum atomic E-state index is -1.26. The van der Waals surface area contributed by atoms with E-state index in [1.54, 1.807) is 5.38 Å².